The molecule has 132 valence electrons. The van der Waals surface area contributed by atoms with Crippen molar-refractivity contribution in [3.8, 4) is 11.1 Å². The minimum Gasteiger partial charge on any atom is -0.0901 e. The van der Waals surface area contributed by atoms with Gasteiger partial charge in [0.1, 0.15) is 0 Å². The summed E-state index contributed by atoms with van der Waals surface area (Å²) in [4.78, 5) is 5.11. The molecule has 0 radical (unpaired) electrons. The first kappa shape index (κ1) is 18.0. The van der Waals surface area contributed by atoms with Gasteiger partial charge in [-0.3, -0.25) is 0 Å². The van der Waals surface area contributed by atoms with Crippen LogP contribution in [-0.4, -0.2) is 0 Å². The zero-order chi connectivity index (χ0) is 18.5. The highest BCUT2D eigenvalue weighted by molar-refractivity contribution is 7.99. The van der Waals surface area contributed by atoms with Crippen LogP contribution in [-0.2, 0) is 0 Å². The lowest BCUT2D eigenvalue weighted by Gasteiger charge is -2.09. The number of hydrogen-bond acceptors (Lipinski definition) is 2. The Morgan fingerprint density at radius 1 is 0.481 bits per heavy atom. The standard InChI is InChI=1S/C25H20S2/c1-19-18-21(14-17-25(19)27-23-10-6-3-7-11-23)20-12-15-24(16-13-20)26-22-8-4-2-5-9-22/h2-18H,1H3. The minimum absolute atomic E-state index is 1.26. The number of rotatable bonds is 5. The van der Waals surface area contributed by atoms with E-state index in [4.69, 9.17) is 0 Å². The van der Waals surface area contributed by atoms with Gasteiger partial charge in [-0.05, 0) is 66.1 Å². The summed E-state index contributed by atoms with van der Waals surface area (Å²) in [6.07, 6.45) is 0. The topological polar surface area (TPSA) is 0 Å². The van der Waals surface area contributed by atoms with Crippen LogP contribution in [0.3, 0.4) is 0 Å². The largest absolute Gasteiger partial charge is 0.0901 e. The van der Waals surface area contributed by atoms with Crippen molar-refractivity contribution < 1.29 is 0 Å². The van der Waals surface area contributed by atoms with Crippen LogP contribution in [0.5, 0.6) is 0 Å². The van der Waals surface area contributed by atoms with Crippen molar-refractivity contribution in [3.63, 3.8) is 0 Å². The maximum atomic E-state index is 2.28. The van der Waals surface area contributed by atoms with E-state index in [0.717, 1.165) is 0 Å². The molecule has 0 saturated carbocycles. The van der Waals surface area contributed by atoms with Crippen molar-refractivity contribution in [1.29, 1.82) is 0 Å². The fraction of sp³-hybridized carbons (Fsp3) is 0.0400. The van der Waals surface area contributed by atoms with Gasteiger partial charge in [0.25, 0.3) is 0 Å². The Morgan fingerprint density at radius 3 is 1.59 bits per heavy atom. The van der Waals surface area contributed by atoms with Crippen LogP contribution in [0.4, 0.5) is 0 Å². The van der Waals surface area contributed by atoms with E-state index in [-0.39, 0.29) is 0 Å². The van der Waals surface area contributed by atoms with E-state index in [1.165, 1.54) is 36.3 Å². The van der Waals surface area contributed by atoms with E-state index in [2.05, 4.69) is 110 Å². The van der Waals surface area contributed by atoms with Crippen molar-refractivity contribution in [2.75, 3.05) is 0 Å². The normalized spacial score (nSPS) is 10.7. The minimum atomic E-state index is 1.26. The van der Waals surface area contributed by atoms with Crippen molar-refractivity contribution in [2.24, 2.45) is 0 Å². The van der Waals surface area contributed by atoms with Crippen molar-refractivity contribution >= 4 is 23.5 Å². The van der Waals surface area contributed by atoms with E-state index in [1.54, 1.807) is 11.8 Å². The maximum absolute atomic E-state index is 2.28. The van der Waals surface area contributed by atoms with Gasteiger partial charge in [-0.1, -0.05) is 84.2 Å². The van der Waals surface area contributed by atoms with E-state index in [9.17, 15) is 0 Å². The first-order valence-corrected chi connectivity index (χ1v) is 10.6. The number of benzene rings is 4. The summed E-state index contributed by atoms with van der Waals surface area (Å²) in [5.41, 5.74) is 3.83. The second-order valence-electron chi connectivity index (χ2n) is 6.33. The highest BCUT2D eigenvalue weighted by Crippen LogP contribution is 2.34. The molecule has 0 amide bonds. The van der Waals surface area contributed by atoms with Crippen LogP contribution in [0.1, 0.15) is 5.56 Å². The molecule has 0 fully saturated rings. The van der Waals surface area contributed by atoms with Crippen LogP contribution in [0.25, 0.3) is 11.1 Å². The Balaban J connectivity index is 1.50. The fourth-order valence-corrected chi connectivity index (χ4v) is 4.64. The lowest BCUT2D eigenvalue weighted by molar-refractivity contribution is 1.29. The zero-order valence-electron chi connectivity index (χ0n) is 15.1. The molecule has 0 bridgehead atoms. The van der Waals surface area contributed by atoms with Crippen molar-refractivity contribution in [3.05, 3.63) is 109 Å². The lowest BCUT2D eigenvalue weighted by Crippen LogP contribution is -1.84. The highest BCUT2D eigenvalue weighted by atomic mass is 32.2. The van der Waals surface area contributed by atoms with E-state index in [0.29, 0.717) is 0 Å². The predicted octanol–water partition coefficient (Wildman–Crippen LogP) is 7.96. The second kappa shape index (κ2) is 8.51. The first-order chi connectivity index (χ1) is 13.3. The summed E-state index contributed by atoms with van der Waals surface area (Å²) in [6.45, 7) is 2.19. The van der Waals surface area contributed by atoms with E-state index >= 15 is 0 Å². The molecular formula is C25H20S2. The van der Waals surface area contributed by atoms with Gasteiger partial charge in [-0.15, -0.1) is 0 Å². The highest BCUT2D eigenvalue weighted by Gasteiger charge is 2.05. The van der Waals surface area contributed by atoms with Gasteiger partial charge in [-0.25, -0.2) is 0 Å². The average Bonchev–Trinajstić information content (AvgIpc) is 2.72. The predicted molar refractivity (Wildman–Crippen MR) is 118 cm³/mol. The molecule has 4 aromatic carbocycles. The molecule has 0 saturated heterocycles. The van der Waals surface area contributed by atoms with Gasteiger partial charge < -0.3 is 0 Å². The lowest BCUT2D eigenvalue weighted by atomic mass is 10.0. The Morgan fingerprint density at radius 2 is 1.00 bits per heavy atom. The molecule has 4 rings (SSSR count). The Kier molecular flexibility index (Phi) is 5.66. The zero-order valence-corrected chi connectivity index (χ0v) is 16.8. The molecule has 27 heavy (non-hydrogen) atoms. The van der Waals surface area contributed by atoms with Crippen molar-refractivity contribution in [2.45, 2.75) is 26.5 Å². The Hall–Kier alpha value is -2.42. The third-order valence-corrected chi connectivity index (χ3v) is 6.51. The molecule has 0 nitrogen and oxygen atoms in total. The van der Waals surface area contributed by atoms with Gasteiger partial charge >= 0.3 is 0 Å². The smallest absolute Gasteiger partial charge is 0.0152 e. The first-order valence-electron chi connectivity index (χ1n) is 8.95. The molecule has 0 aliphatic carbocycles. The van der Waals surface area contributed by atoms with E-state index < -0.39 is 0 Å². The molecule has 0 heterocycles. The SMILES string of the molecule is Cc1cc(-c2ccc(Sc3ccccc3)cc2)ccc1Sc1ccccc1. The van der Waals surface area contributed by atoms with Gasteiger partial charge in [0.15, 0.2) is 0 Å². The monoisotopic (exact) mass is 384 g/mol. The molecular weight excluding hydrogens is 364 g/mol. The second-order valence-corrected chi connectivity index (χ2v) is 8.60. The molecule has 0 aromatic heterocycles. The molecule has 0 aliphatic rings. The Labute approximate surface area is 169 Å². The third kappa shape index (κ3) is 4.65. The number of aryl methyl sites for hydroxylation is 1. The number of hydrogen-bond donors (Lipinski definition) is 0. The molecule has 0 unspecified atom stereocenters. The summed E-state index contributed by atoms with van der Waals surface area (Å²) in [7, 11) is 0. The maximum Gasteiger partial charge on any atom is 0.0152 e. The fourth-order valence-electron chi connectivity index (χ4n) is 2.90. The molecule has 2 heteroatoms. The van der Waals surface area contributed by atoms with Crippen LogP contribution in [0, 0.1) is 6.92 Å². The quantitative estimate of drug-likeness (QED) is 0.342. The average molecular weight is 385 g/mol. The summed E-state index contributed by atoms with van der Waals surface area (Å²) in [6, 6.07) is 36.6. The molecule has 0 spiro atoms. The van der Waals surface area contributed by atoms with Crippen LogP contribution in [0.15, 0.2) is 123 Å². The summed E-state index contributed by atoms with van der Waals surface area (Å²) in [5, 5.41) is 0. The summed E-state index contributed by atoms with van der Waals surface area (Å²) < 4.78 is 0. The van der Waals surface area contributed by atoms with Crippen LogP contribution < -0.4 is 0 Å². The van der Waals surface area contributed by atoms with Gasteiger partial charge in [0.05, 0.1) is 0 Å². The van der Waals surface area contributed by atoms with Crippen molar-refractivity contribution in [1.82, 2.24) is 0 Å². The molecule has 0 atom stereocenters. The Bertz CT molecular complexity index is 1010. The van der Waals surface area contributed by atoms with Gasteiger partial charge in [-0.2, -0.15) is 0 Å². The molecule has 0 N–H and O–H groups in total. The summed E-state index contributed by atoms with van der Waals surface area (Å²) in [5.74, 6) is 0. The van der Waals surface area contributed by atoms with Gasteiger partial charge in [0.2, 0.25) is 0 Å². The third-order valence-electron chi connectivity index (χ3n) is 4.31. The van der Waals surface area contributed by atoms with Crippen LogP contribution in [0.2, 0.25) is 0 Å². The summed E-state index contributed by atoms with van der Waals surface area (Å²) >= 11 is 3.61. The van der Waals surface area contributed by atoms with Gasteiger partial charge in [0, 0.05) is 19.6 Å². The molecule has 0 aliphatic heterocycles. The van der Waals surface area contributed by atoms with E-state index in [1.807, 2.05) is 11.8 Å². The molecule has 4 aromatic rings. The van der Waals surface area contributed by atoms with Crippen LogP contribution >= 0.6 is 23.5 Å².